The van der Waals surface area contributed by atoms with E-state index >= 15 is 0 Å². The topological polar surface area (TPSA) is 68.3 Å². The molecule has 2 N–H and O–H groups in total. The van der Waals surface area contributed by atoms with E-state index in [1.165, 1.54) is 0 Å². The Balaban J connectivity index is 1.63. The highest BCUT2D eigenvalue weighted by Crippen LogP contribution is 2.25. The Hall–Kier alpha value is -3.34. The second kappa shape index (κ2) is 6.52. The lowest BCUT2D eigenvalue weighted by atomic mass is 9.93. The van der Waals surface area contributed by atoms with Crippen LogP contribution < -0.4 is 5.73 Å². The number of carbonyl (C=O) groups excluding carboxylic acids is 2. The maximum Gasteiger partial charge on any atom is 0.254 e. The van der Waals surface area contributed by atoms with Crippen LogP contribution in [0.3, 0.4) is 0 Å². The van der Waals surface area contributed by atoms with Crippen LogP contribution in [0.2, 0.25) is 0 Å². The molecule has 26 heavy (non-hydrogen) atoms. The zero-order chi connectivity index (χ0) is 18.1. The van der Waals surface area contributed by atoms with Crippen LogP contribution in [0.15, 0.2) is 73.1 Å². The third-order valence-electron chi connectivity index (χ3n) is 4.85. The molecule has 0 saturated heterocycles. The van der Waals surface area contributed by atoms with Crippen LogP contribution in [0.4, 0.5) is 0 Å². The number of carbonyl (C=O) groups is 2. The number of hydrogen-bond donors (Lipinski definition) is 1. The van der Waals surface area contributed by atoms with Gasteiger partial charge in [0.15, 0.2) is 0 Å². The molecule has 5 heteroatoms. The van der Waals surface area contributed by atoms with Crippen LogP contribution in [-0.4, -0.2) is 27.3 Å². The van der Waals surface area contributed by atoms with E-state index in [-0.39, 0.29) is 5.91 Å². The van der Waals surface area contributed by atoms with Gasteiger partial charge in [0.2, 0.25) is 5.91 Å². The maximum atomic E-state index is 13.0. The lowest BCUT2D eigenvalue weighted by Gasteiger charge is -2.35. The van der Waals surface area contributed by atoms with Gasteiger partial charge in [0, 0.05) is 36.6 Å². The number of nitrogens with zero attached hydrogens (tertiary/aromatic N) is 2. The van der Waals surface area contributed by atoms with E-state index in [9.17, 15) is 9.59 Å². The van der Waals surface area contributed by atoms with Gasteiger partial charge in [0.25, 0.3) is 5.91 Å². The lowest BCUT2D eigenvalue weighted by molar-refractivity contribution is -0.122. The van der Waals surface area contributed by atoms with E-state index in [0.717, 1.165) is 16.8 Å². The summed E-state index contributed by atoms with van der Waals surface area (Å²) in [5.74, 6) is -0.654. The summed E-state index contributed by atoms with van der Waals surface area (Å²) in [6, 6.07) is 18.5. The number of benzene rings is 2. The Morgan fingerprint density at radius 3 is 2.19 bits per heavy atom. The molecule has 1 aromatic heterocycles. The zero-order valence-electron chi connectivity index (χ0n) is 14.2. The van der Waals surface area contributed by atoms with Crippen LogP contribution in [0.25, 0.3) is 5.69 Å². The largest absolute Gasteiger partial charge is 0.368 e. The predicted molar refractivity (Wildman–Crippen MR) is 98.8 cm³/mol. The van der Waals surface area contributed by atoms with Crippen molar-refractivity contribution in [2.45, 2.75) is 19.0 Å². The SMILES string of the molecule is NC(=O)[C@H]1Cc2ccccc2CN1C(=O)c1ccc(-n2cccc2)cc1. The van der Waals surface area contributed by atoms with Gasteiger partial charge in [-0.1, -0.05) is 24.3 Å². The molecule has 1 atom stereocenters. The second-order valence-corrected chi connectivity index (χ2v) is 6.46. The van der Waals surface area contributed by atoms with Gasteiger partial charge < -0.3 is 15.2 Å². The summed E-state index contributed by atoms with van der Waals surface area (Å²) in [5, 5.41) is 0. The molecule has 0 radical (unpaired) electrons. The molecule has 130 valence electrons. The highest BCUT2D eigenvalue weighted by molar-refractivity contribution is 5.97. The van der Waals surface area contributed by atoms with Crippen molar-refractivity contribution in [1.82, 2.24) is 9.47 Å². The van der Waals surface area contributed by atoms with Gasteiger partial charge >= 0.3 is 0 Å². The smallest absolute Gasteiger partial charge is 0.254 e. The second-order valence-electron chi connectivity index (χ2n) is 6.46. The monoisotopic (exact) mass is 345 g/mol. The van der Waals surface area contributed by atoms with Crippen molar-refractivity contribution >= 4 is 11.8 Å². The third kappa shape index (κ3) is 2.88. The van der Waals surface area contributed by atoms with Crippen LogP contribution in [0.1, 0.15) is 21.5 Å². The molecule has 2 amide bonds. The Morgan fingerprint density at radius 2 is 1.54 bits per heavy atom. The highest BCUT2D eigenvalue weighted by atomic mass is 16.2. The van der Waals surface area contributed by atoms with Gasteiger partial charge in [-0.25, -0.2) is 0 Å². The van der Waals surface area contributed by atoms with Crippen molar-refractivity contribution in [3.8, 4) is 5.69 Å². The molecule has 0 saturated carbocycles. The first-order valence-corrected chi connectivity index (χ1v) is 8.54. The Kier molecular flexibility index (Phi) is 4.05. The Labute approximate surface area is 151 Å². The average molecular weight is 345 g/mol. The van der Waals surface area contributed by atoms with Crippen molar-refractivity contribution in [2.75, 3.05) is 0 Å². The molecule has 0 spiro atoms. The molecule has 0 unspecified atom stereocenters. The molecular weight excluding hydrogens is 326 g/mol. The van der Waals surface area contributed by atoms with Gasteiger partial charge in [-0.05, 0) is 47.5 Å². The van der Waals surface area contributed by atoms with Crippen LogP contribution in [-0.2, 0) is 17.8 Å². The number of nitrogens with two attached hydrogens (primary N) is 1. The standard InChI is InChI=1S/C21H19N3O2/c22-20(25)19-13-16-5-1-2-6-17(16)14-24(19)21(26)15-7-9-18(10-8-15)23-11-3-4-12-23/h1-12,19H,13-14H2,(H2,22,25)/t19-/m1/s1. The quantitative estimate of drug-likeness (QED) is 0.792. The molecule has 2 aromatic carbocycles. The minimum absolute atomic E-state index is 0.178. The van der Waals surface area contributed by atoms with E-state index in [1.54, 1.807) is 17.0 Å². The summed E-state index contributed by atoms with van der Waals surface area (Å²) < 4.78 is 1.97. The molecule has 2 heterocycles. The summed E-state index contributed by atoms with van der Waals surface area (Å²) in [6.45, 7) is 0.391. The van der Waals surface area contributed by atoms with E-state index in [4.69, 9.17) is 5.73 Å². The van der Waals surface area contributed by atoms with Crippen molar-refractivity contribution in [2.24, 2.45) is 5.73 Å². The lowest BCUT2D eigenvalue weighted by Crippen LogP contribution is -2.51. The van der Waals surface area contributed by atoms with Gasteiger partial charge in [0.1, 0.15) is 6.04 Å². The van der Waals surface area contributed by atoms with Crippen LogP contribution >= 0.6 is 0 Å². The van der Waals surface area contributed by atoms with Crippen LogP contribution in [0, 0.1) is 0 Å². The summed E-state index contributed by atoms with van der Waals surface area (Å²) in [4.78, 5) is 26.6. The van der Waals surface area contributed by atoms with E-state index in [0.29, 0.717) is 18.5 Å². The zero-order valence-corrected chi connectivity index (χ0v) is 14.2. The number of fused-ring (bicyclic) bond motifs is 1. The van der Waals surface area contributed by atoms with E-state index in [1.807, 2.05) is 65.5 Å². The number of primary amides is 1. The summed E-state index contributed by atoms with van der Waals surface area (Å²) in [5.41, 5.74) is 9.23. The van der Waals surface area contributed by atoms with Gasteiger partial charge in [-0.3, -0.25) is 9.59 Å². The highest BCUT2D eigenvalue weighted by Gasteiger charge is 2.33. The summed E-state index contributed by atoms with van der Waals surface area (Å²) >= 11 is 0. The van der Waals surface area contributed by atoms with E-state index < -0.39 is 11.9 Å². The minimum atomic E-state index is -0.624. The molecule has 5 nitrogen and oxygen atoms in total. The average Bonchev–Trinajstić information content (AvgIpc) is 3.21. The first-order chi connectivity index (χ1) is 12.6. The fraction of sp³-hybridized carbons (Fsp3) is 0.143. The van der Waals surface area contributed by atoms with Crippen molar-refractivity contribution in [1.29, 1.82) is 0 Å². The third-order valence-corrected chi connectivity index (χ3v) is 4.85. The van der Waals surface area contributed by atoms with Gasteiger partial charge in [-0.15, -0.1) is 0 Å². The molecule has 3 aromatic rings. The van der Waals surface area contributed by atoms with Gasteiger partial charge in [0.05, 0.1) is 0 Å². The molecule has 1 aliphatic heterocycles. The molecular formula is C21H19N3O2. The Morgan fingerprint density at radius 1 is 0.885 bits per heavy atom. The Bertz CT molecular complexity index is 946. The molecule has 0 bridgehead atoms. The van der Waals surface area contributed by atoms with Gasteiger partial charge in [-0.2, -0.15) is 0 Å². The molecule has 4 rings (SSSR count). The van der Waals surface area contributed by atoms with E-state index in [2.05, 4.69) is 0 Å². The number of rotatable bonds is 3. The molecule has 1 aliphatic rings. The predicted octanol–water partition coefficient (Wildman–Crippen LogP) is 2.53. The number of hydrogen-bond acceptors (Lipinski definition) is 2. The fourth-order valence-electron chi connectivity index (χ4n) is 3.44. The van der Waals surface area contributed by atoms with Crippen molar-refractivity contribution < 1.29 is 9.59 Å². The normalized spacial score (nSPS) is 16.2. The van der Waals surface area contributed by atoms with Crippen molar-refractivity contribution in [3.05, 3.63) is 89.7 Å². The number of amides is 2. The first kappa shape index (κ1) is 16.1. The number of aromatic nitrogens is 1. The summed E-state index contributed by atoms with van der Waals surface area (Å²) in [6.07, 6.45) is 4.35. The summed E-state index contributed by atoms with van der Waals surface area (Å²) in [7, 11) is 0. The first-order valence-electron chi connectivity index (χ1n) is 8.54. The molecule has 0 fully saturated rings. The maximum absolute atomic E-state index is 13.0. The van der Waals surface area contributed by atoms with Crippen LogP contribution in [0.5, 0.6) is 0 Å². The fourth-order valence-corrected chi connectivity index (χ4v) is 3.44. The molecule has 0 aliphatic carbocycles. The minimum Gasteiger partial charge on any atom is -0.368 e. The van der Waals surface area contributed by atoms with Crippen molar-refractivity contribution in [3.63, 3.8) is 0 Å².